The summed E-state index contributed by atoms with van der Waals surface area (Å²) >= 11 is 3.29. The van der Waals surface area contributed by atoms with Gasteiger partial charge in [0.25, 0.3) is 0 Å². The lowest BCUT2D eigenvalue weighted by Gasteiger charge is -2.13. The number of alkyl halides is 2. The molecule has 0 aromatic heterocycles. The van der Waals surface area contributed by atoms with Crippen LogP contribution in [-0.4, -0.2) is 26.7 Å². The van der Waals surface area contributed by atoms with Crippen molar-refractivity contribution in [3.05, 3.63) is 28.2 Å². The molecule has 1 aromatic carbocycles. The molecule has 18 heavy (non-hydrogen) atoms. The largest absolute Gasteiger partial charge is 0.434 e. The van der Waals surface area contributed by atoms with Gasteiger partial charge < -0.3 is 15.4 Å². The molecule has 0 aliphatic rings. The lowest BCUT2D eigenvalue weighted by molar-refractivity contribution is -0.0504. The molecule has 1 aromatic rings. The molecule has 1 rings (SSSR count). The maximum Gasteiger partial charge on any atom is 0.387 e. The van der Waals surface area contributed by atoms with E-state index in [-0.39, 0.29) is 5.75 Å². The first kappa shape index (κ1) is 14.7. The van der Waals surface area contributed by atoms with Crippen LogP contribution in [0.1, 0.15) is 5.56 Å². The third-order valence-electron chi connectivity index (χ3n) is 2.15. The van der Waals surface area contributed by atoms with Crippen LogP contribution in [0.4, 0.5) is 8.78 Å². The number of nitrogens with zero attached hydrogens (tertiary/aromatic N) is 1. The van der Waals surface area contributed by atoms with Gasteiger partial charge in [-0.1, -0.05) is 15.9 Å². The van der Waals surface area contributed by atoms with Crippen molar-refractivity contribution in [2.75, 3.05) is 14.1 Å². The fourth-order valence-corrected chi connectivity index (χ4v) is 1.76. The smallest absolute Gasteiger partial charge is 0.387 e. The van der Waals surface area contributed by atoms with Crippen LogP contribution in [0.15, 0.2) is 27.7 Å². The molecule has 0 heterocycles. The number of guanidine groups is 1. The second-order valence-electron chi connectivity index (χ2n) is 3.31. The van der Waals surface area contributed by atoms with Crippen LogP contribution in [0.25, 0.3) is 0 Å². The number of rotatable bonds is 4. The van der Waals surface area contributed by atoms with Crippen molar-refractivity contribution in [1.29, 1.82) is 0 Å². The molecule has 0 aliphatic heterocycles. The summed E-state index contributed by atoms with van der Waals surface area (Å²) in [6.07, 6.45) is 0. The van der Waals surface area contributed by atoms with Crippen molar-refractivity contribution < 1.29 is 13.5 Å². The molecule has 0 fully saturated rings. The van der Waals surface area contributed by atoms with Crippen LogP contribution in [0.2, 0.25) is 0 Å². The van der Waals surface area contributed by atoms with E-state index in [9.17, 15) is 8.78 Å². The van der Waals surface area contributed by atoms with E-state index >= 15 is 0 Å². The molecule has 7 heteroatoms. The monoisotopic (exact) mass is 321 g/mol. The van der Waals surface area contributed by atoms with E-state index in [1.54, 1.807) is 26.2 Å². The zero-order valence-corrected chi connectivity index (χ0v) is 11.6. The molecule has 100 valence electrons. The van der Waals surface area contributed by atoms with Gasteiger partial charge >= 0.3 is 6.61 Å². The normalized spacial score (nSPS) is 11.6. The van der Waals surface area contributed by atoms with Gasteiger partial charge in [-0.25, -0.2) is 0 Å². The maximum absolute atomic E-state index is 12.2. The average molecular weight is 322 g/mol. The van der Waals surface area contributed by atoms with E-state index < -0.39 is 6.61 Å². The average Bonchev–Trinajstić information content (AvgIpc) is 2.33. The number of hydrogen-bond acceptors (Lipinski definition) is 2. The Bertz CT molecular complexity index is 427. The van der Waals surface area contributed by atoms with Gasteiger partial charge in [0.15, 0.2) is 5.96 Å². The van der Waals surface area contributed by atoms with Crippen molar-refractivity contribution in [3.63, 3.8) is 0 Å². The van der Waals surface area contributed by atoms with Crippen LogP contribution < -0.4 is 15.4 Å². The number of benzene rings is 1. The molecule has 0 saturated carbocycles. The van der Waals surface area contributed by atoms with Gasteiger partial charge in [0.1, 0.15) is 5.75 Å². The minimum atomic E-state index is -2.84. The van der Waals surface area contributed by atoms with Crippen molar-refractivity contribution in [2.24, 2.45) is 4.99 Å². The molecule has 0 amide bonds. The van der Waals surface area contributed by atoms with Crippen molar-refractivity contribution in [1.82, 2.24) is 10.6 Å². The van der Waals surface area contributed by atoms with Gasteiger partial charge in [-0.2, -0.15) is 8.78 Å². The number of nitrogens with one attached hydrogen (secondary N) is 2. The summed E-state index contributed by atoms with van der Waals surface area (Å²) in [4.78, 5) is 3.93. The van der Waals surface area contributed by atoms with Crippen LogP contribution in [-0.2, 0) is 6.54 Å². The molecule has 0 atom stereocenters. The van der Waals surface area contributed by atoms with E-state index in [1.165, 1.54) is 6.07 Å². The summed E-state index contributed by atoms with van der Waals surface area (Å²) < 4.78 is 29.7. The summed E-state index contributed by atoms with van der Waals surface area (Å²) in [5.41, 5.74) is 0.612. The number of hydrogen-bond donors (Lipinski definition) is 2. The number of aliphatic imine (C=N–C) groups is 1. The first-order valence-corrected chi connectivity index (χ1v) is 5.97. The third-order valence-corrected chi connectivity index (χ3v) is 2.64. The molecule has 0 bridgehead atoms. The Morgan fingerprint density at radius 2 is 2.22 bits per heavy atom. The van der Waals surface area contributed by atoms with Crippen LogP contribution in [0.5, 0.6) is 5.75 Å². The molecular formula is C11H14BrF2N3O. The minimum absolute atomic E-state index is 0.146. The lowest BCUT2D eigenvalue weighted by Crippen LogP contribution is -2.34. The van der Waals surface area contributed by atoms with Gasteiger partial charge in [0, 0.05) is 30.7 Å². The highest BCUT2D eigenvalue weighted by Crippen LogP contribution is 2.24. The minimum Gasteiger partial charge on any atom is -0.434 e. The van der Waals surface area contributed by atoms with Gasteiger partial charge in [0.05, 0.1) is 0 Å². The molecule has 0 radical (unpaired) electrons. The first-order chi connectivity index (χ1) is 8.56. The van der Waals surface area contributed by atoms with Crippen LogP contribution in [0.3, 0.4) is 0 Å². The zero-order chi connectivity index (χ0) is 13.5. The topological polar surface area (TPSA) is 45.7 Å². The molecule has 0 aliphatic carbocycles. The van der Waals surface area contributed by atoms with Gasteiger partial charge in [0.2, 0.25) is 0 Å². The fourth-order valence-electron chi connectivity index (χ4n) is 1.36. The van der Waals surface area contributed by atoms with Gasteiger partial charge in [-0.3, -0.25) is 4.99 Å². The molecule has 4 nitrogen and oxygen atoms in total. The highest BCUT2D eigenvalue weighted by molar-refractivity contribution is 9.10. The Hall–Kier alpha value is -1.37. The van der Waals surface area contributed by atoms with E-state index in [2.05, 4.69) is 36.3 Å². The Kier molecular flexibility index (Phi) is 5.84. The number of halogens is 3. The third kappa shape index (κ3) is 4.48. The summed E-state index contributed by atoms with van der Waals surface area (Å²) in [5, 5.41) is 5.80. The summed E-state index contributed by atoms with van der Waals surface area (Å²) in [5.74, 6) is 0.713. The van der Waals surface area contributed by atoms with Crippen LogP contribution in [0, 0.1) is 0 Å². The molecule has 0 spiro atoms. The van der Waals surface area contributed by atoms with Crippen molar-refractivity contribution in [3.8, 4) is 5.75 Å². The van der Waals surface area contributed by atoms with Crippen molar-refractivity contribution in [2.45, 2.75) is 13.2 Å². The standard InChI is InChI=1S/C11H14BrF2N3O/c1-15-11(16-2)17-6-7-5-8(12)3-4-9(7)18-10(13)14/h3-5,10H,6H2,1-2H3,(H2,15,16,17). The van der Waals surface area contributed by atoms with Crippen molar-refractivity contribution >= 4 is 21.9 Å². The second-order valence-corrected chi connectivity index (χ2v) is 4.22. The Labute approximate surface area is 113 Å². The fraction of sp³-hybridized carbons (Fsp3) is 0.364. The van der Waals surface area contributed by atoms with Gasteiger partial charge in [-0.15, -0.1) is 0 Å². The lowest BCUT2D eigenvalue weighted by atomic mass is 10.2. The van der Waals surface area contributed by atoms with Gasteiger partial charge in [-0.05, 0) is 18.2 Å². The Morgan fingerprint density at radius 3 is 2.78 bits per heavy atom. The second kappa shape index (κ2) is 7.15. The highest BCUT2D eigenvalue weighted by Gasteiger charge is 2.10. The predicted molar refractivity (Wildman–Crippen MR) is 70.0 cm³/mol. The Balaban J connectivity index is 2.82. The van der Waals surface area contributed by atoms with E-state index in [1.807, 2.05) is 0 Å². The number of ether oxygens (including phenoxy) is 1. The highest BCUT2D eigenvalue weighted by atomic mass is 79.9. The predicted octanol–water partition coefficient (Wildman–Crippen LogP) is 2.35. The Morgan fingerprint density at radius 1 is 1.50 bits per heavy atom. The molecule has 0 unspecified atom stereocenters. The summed E-state index contributed by atoms with van der Waals surface area (Å²) in [6, 6.07) is 4.86. The summed E-state index contributed by atoms with van der Waals surface area (Å²) in [6.45, 7) is -2.51. The first-order valence-electron chi connectivity index (χ1n) is 5.18. The SMILES string of the molecule is CN=C(NC)NCc1cc(Br)ccc1OC(F)F. The zero-order valence-electron chi connectivity index (χ0n) is 10.0. The van der Waals surface area contributed by atoms with E-state index in [4.69, 9.17) is 0 Å². The molecular weight excluding hydrogens is 308 g/mol. The van der Waals surface area contributed by atoms with E-state index in [0.717, 1.165) is 4.47 Å². The summed E-state index contributed by atoms with van der Waals surface area (Å²) in [7, 11) is 3.34. The van der Waals surface area contributed by atoms with E-state index in [0.29, 0.717) is 18.1 Å². The quantitative estimate of drug-likeness (QED) is 0.661. The maximum atomic E-state index is 12.2. The van der Waals surface area contributed by atoms with Crippen LogP contribution >= 0.6 is 15.9 Å². The molecule has 0 saturated heterocycles. The molecule has 2 N–H and O–H groups in total.